The van der Waals surface area contributed by atoms with Gasteiger partial charge in [0.05, 0.1) is 13.1 Å². The van der Waals surface area contributed by atoms with Crippen molar-refractivity contribution in [2.45, 2.75) is 64.9 Å². The number of anilines is 1. The molecular formula is C35H38ClN3O2. The zero-order valence-corrected chi connectivity index (χ0v) is 24.9. The molecule has 2 amide bonds. The van der Waals surface area contributed by atoms with E-state index in [9.17, 15) is 9.59 Å². The fraction of sp³-hybridized carbons (Fsp3) is 0.314. The average molecular weight is 568 g/mol. The predicted octanol–water partition coefficient (Wildman–Crippen LogP) is 7.90. The molecule has 2 heterocycles. The van der Waals surface area contributed by atoms with Crippen molar-refractivity contribution in [2.75, 3.05) is 11.4 Å². The first-order valence-corrected chi connectivity index (χ1v) is 14.9. The zero-order valence-electron chi connectivity index (χ0n) is 24.1. The second kappa shape index (κ2) is 12.8. The number of amides is 2. The number of benzene rings is 3. The van der Waals surface area contributed by atoms with Crippen LogP contribution >= 0.6 is 11.6 Å². The zero-order chi connectivity index (χ0) is 28.9. The second-order valence-electron chi connectivity index (χ2n) is 11.0. The summed E-state index contributed by atoms with van der Waals surface area (Å²) in [6.07, 6.45) is 4.03. The van der Waals surface area contributed by atoms with Crippen LogP contribution in [0.2, 0.25) is 0 Å². The Morgan fingerprint density at radius 3 is 2.39 bits per heavy atom. The molecule has 0 spiro atoms. The Bertz CT molecular complexity index is 1550. The summed E-state index contributed by atoms with van der Waals surface area (Å²) in [7, 11) is 0. The van der Waals surface area contributed by atoms with Gasteiger partial charge in [0.25, 0.3) is 11.8 Å². The third-order valence-electron chi connectivity index (χ3n) is 7.95. The number of rotatable bonds is 9. The van der Waals surface area contributed by atoms with Crippen LogP contribution in [-0.4, -0.2) is 28.3 Å². The van der Waals surface area contributed by atoms with E-state index in [2.05, 4.69) is 37.4 Å². The van der Waals surface area contributed by atoms with E-state index >= 15 is 0 Å². The Labute approximate surface area is 248 Å². The molecule has 4 aromatic rings. The number of aryl methyl sites for hydroxylation is 2. The van der Waals surface area contributed by atoms with E-state index in [4.69, 9.17) is 11.6 Å². The maximum Gasteiger partial charge on any atom is 0.267 e. The molecule has 41 heavy (non-hydrogen) atoms. The van der Waals surface area contributed by atoms with E-state index in [1.54, 1.807) is 0 Å². The number of hydrogen-bond acceptors (Lipinski definition) is 2. The topological polar surface area (TPSA) is 54.3 Å². The van der Waals surface area contributed by atoms with Crippen LogP contribution in [0.3, 0.4) is 0 Å². The molecule has 0 radical (unpaired) electrons. The Morgan fingerprint density at radius 1 is 0.854 bits per heavy atom. The molecule has 1 N–H and O–H groups in total. The number of fused-ring (bicyclic) bond motifs is 2. The molecule has 6 heteroatoms. The molecule has 5 nitrogen and oxygen atoms in total. The van der Waals surface area contributed by atoms with Crippen LogP contribution in [0.15, 0.2) is 78.9 Å². The smallest absolute Gasteiger partial charge is 0.267 e. The number of aromatic nitrogens is 1. The van der Waals surface area contributed by atoms with Gasteiger partial charge in [-0.1, -0.05) is 61.4 Å². The minimum absolute atomic E-state index is 0.0520. The molecule has 0 saturated carbocycles. The summed E-state index contributed by atoms with van der Waals surface area (Å²) in [4.78, 5) is 29.0. The van der Waals surface area contributed by atoms with Gasteiger partial charge >= 0.3 is 0 Å². The summed E-state index contributed by atoms with van der Waals surface area (Å²) in [6.45, 7) is 7.73. The third kappa shape index (κ3) is 6.41. The van der Waals surface area contributed by atoms with Crippen molar-refractivity contribution in [1.29, 1.82) is 0 Å². The lowest BCUT2D eigenvalue weighted by Crippen LogP contribution is -2.31. The van der Waals surface area contributed by atoms with Crippen LogP contribution in [0.1, 0.15) is 75.8 Å². The fourth-order valence-electron chi connectivity index (χ4n) is 5.69. The van der Waals surface area contributed by atoms with Crippen molar-refractivity contribution in [3.05, 3.63) is 113 Å². The molecular weight excluding hydrogens is 530 g/mol. The standard InChI is InChI=1S/C35H38ClN3O2/c1-24-11-6-8-14-30(24)31-18-16-27(21-25(31)2)35(41)39-23-29-17-19-33(34(40)37-20-10-4-5-12-26(3)36)38(29)22-28-13-7-9-15-32(28)39/h6-9,11,13-19,21,26H,4-5,10,12,20,22-23H2,1-3H3,(H,37,40). The Hall–Kier alpha value is -3.83. The van der Waals surface area contributed by atoms with Gasteiger partial charge in [-0.3, -0.25) is 9.59 Å². The number of alkyl halides is 1. The largest absolute Gasteiger partial charge is 0.351 e. The number of nitrogens with zero attached hydrogens (tertiary/aromatic N) is 2. The highest BCUT2D eigenvalue weighted by atomic mass is 35.5. The van der Waals surface area contributed by atoms with Crippen LogP contribution in [0.5, 0.6) is 0 Å². The van der Waals surface area contributed by atoms with Crippen LogP contribution in [0.25, 0.3) is 11.1 Å². The Morgan fingerprint density at radius 2 is 1.61 bits per heavy atom. The first-order chi connectivity index (χ1) is 19.8. The van der Waals surface area contributed by atoms with Crippen molar-refractivity contribution >= 4 is 29.1 Å². The first kappa shape index (κ1) is 28.7. The molecule has 0 bridgehead atoms. The summed E-state index contributed by atoms with van der Waals surface area (Å²) < 4.78 is 2.04. The van der Waals surface area contributed by atoms with E-state index < -0.39 is 0 Å². The lowest BCUT2D eigenvalue weighted by Gasteiger charge is -2.23. The number of hydrogen-bond donors (Lipinski definition) is 1. The molecule has 0 saturated heterocycles. The van der Waals surface area contributed by atoms with Gasteiger partial charge in [0.1, 0.15) is 5.69 Å². The molecule has 212 valence electrons. The van der Waals surface area contributed by atoms with E-state index in [-0.39, 0.29) is 17.2 Å². The first-order valence-electron chi connectivity index (χ1n) is 14.5. The number of carbonyl (C=O) groups excluding carboxylic acids is 2. The van der Waals surface area contributed by atoms with Crippen molar-refractivity contribution < 1.29 is 9.59 Å². The van der Waals surface area contributed by atoms with E-state index in [0.29, 0.717) is 30.9 Å². The highest BCUT2D eigenvalue weighted by Gasteiger charge is 2.27. The van der Waals surface area contributed by atoms with Gasteiger partial charge < -0.3 is 14.8 Å². The van der Waals surface area contributed by atoms with Gasteiger partial charge in [0, 0.05) is 28.9 Å². The number of halogens is 1. The molecule has 0 fully saturated rings. The SMILES string of the molecule is Cc1ccccc1-c1ccc(C(=O)N2Cc3ccc(C(=O)NCCCCCC(C)Cl)n3Cc3ccccc32)cc1C. The monoisotopic (exact) mass is 567 g/mol. The molecule has 1 aliphatic heterocycles. The van der Waals surface area contributed by atoms with Crippen molar-refractivity contribution in [3.63, 3.8) is 0 Å². The lowest BCUT2D eigenvalue weighted by atomic mass is 9.95. The average Bonchev–Trinajstić information content (AvgIpc) is 3.28. The normalized spacial score (nSPS) is 13.2. The van der Waals surface area contributed by atoms with Crippen LogP contribution in [-0.2, 0) is 13.1 Å². The van der Waals surface area contributed by atoms with E-state index in [1.807, 2.05) is 77.1 Å². The van der Waals surface area contributed by atoms with Crippen LogP contribution in [0, 0.1) is 13.8 Å². The number of carbonyl (C=O) groups is 2. The summed E-state index contributed by atoms with van der Waals surface area (Å²) in [6, 6.07) is 26.1. The third-order valence-corrected chi connectivity index (χ3v) is 8.17. The Kier molecular flexibility index (Phi) is 8.94. The molecule has 1 unspecified atom stereocenters. The van der Waals surface area contributed by atoms with Crippen molar-refractivity contribution in [2.24, 2.45) is 0 Å². The van der Waals surface area contributed by atoms with E-state index in [0.717, 1.165) is 53.8 Å². The minimum Gasteiger partial charge on any atom is -0.351 e. The molecule has 3 aromatic carbocycles. The summed E-state index contributed by atoms with van der Waals surface area (Å²) in [5.74, 6) is -0.134. The van der Waals surface area contributed by atoms with Gasteiger partial charge in [-0.25, -0.2) is 0 Å². The highest BCUT2D eigenvalue weighted by molar-refractivity contribution is 6.20. The predicted molar refractivity (Wildman–Crippen MR) is 168 cm³/mol. The number of para-hydroxylation sites is 1. The lowest BCUT2D eigenvalue weighted by molar-refractivity contribution is 0.0943. The molecule has 1 atom stereocenters. The number of nitrogens with one attached hydrogen (secondary N) is 1. The highest BCUT2D eigenvalue weighted by Crippen LogP contribution is 2.32. The van der Waals surface area contributed by atoms with Crippen LogP contribution < -0.4 is 10.2 Å². The second-order valence-corrected chi connectivity index (χ2v) is 11.8. The molecule has 1 aliphatic rings. The fourth-order valence-corrected chi connectivity index (χ4v) is 5.84. The van der Waals surface area contributed by atoms with Crippen molar-refractivity contribution in [3.8, 4) is 11.1 Å². The van der Waals surface area contributed by atoms with Gasteiger partial charge in [0.2, 0.25) is 0 Å². The van der Waals surface area contributed by atoms with Gasteiger partial charge in [-0.05, 0) is 91.8 Å². The molecule has 5 rings (SSSR count). The minimum atomic E-state index is -0.0818. The summed E-state index contributed by atoms with van der Waals surface area (Å²) in [5.41, 5.74) is 8.67. The number of unbranched alkanes of at least 4 members (excludes halogenated alkanes) is 2. The van der Waals surface area contributed by atoms with Gasteiger partial charge in [-0.15, -0.1) is 11.6 Å². The summed E-state index contributed by atoms with van der Waals surface area (Å²) in [5, 5.41) is 3.27. The summed E-state index contributed by atoms with van der Waals surface area (Å²) >= 11 is 6.03. The van der Waals surface area contributed by atoms with Crippen molar-refractivity contribution in [1.82, 2.24) is 9.88 Å². The quantitative estimate of drug-likeness (QED) is 0.165. The van der Waals surface area contributed by atoms with Gasteiger partial charge in [0.15, 0.2) is 0 Å². The van der Waals surface area contributed by atoms with E-state index in [1.165, 1.54) is 11.1 Å². The van der Waals surface area contributed by atoms with Crippen LogP contribution in [0.4, 0.5) is 5.69 Å². The van der Waals surface area contributed by atoms with Gasteiger partial charge in [-0.2, -0.15) is 0 Å². The maximum absolute atomic E-state index is 14.0. The Balaban J connectivity index is 1.37. The molecule has 1 aromatic heterocycles. The maximum atomic E-state index is 14.0. The molecule has 0 aliphatic carbocycles.